The zero-order valence-electron chi connectivity index (χ0n) is 9.66. The Hall–Kier alpha value is -0.870. The van der Waals surface area contributed by atoms with Crippen LogP contribution >= 0.6 is 15.9 Å². The molecule has 4 heteroatoms. The standard InChI is InChI=1S/C12H17BrN2O/c1-3-15(2)12(16)9-14-8-10-5-4-6-11(13)7-10/h4-7,14H,3,8-9H2,1-2H3. The van der Waals surface area contributed by atoms with Crippen molar-refractivity contribution in [3.8, 4) is 0 Å². The summed E-state index contributed by atoms with van der Waals surface area (Å²) in [5.74, 6) is 0.123. The van der Waals surface area contributed by atoms with Gasteiger partial charge in [-0.2, -0.15) is 0 Å². The van der Waals surface area contributed by atoms with Crippen LogP contribution in [0.15, 0.2) is 28.7 Å². The Morgan fingerprint density at radius 2 is 2.25 bits per heavy atom. The number of hydrogen-bond acceptors (Lipinski definition) is 2. The SMILES string of the molecule is CCN(C)C(=O)CNCc1cccc(Br)c1. The van der Waals surface area contributed by atoms with Gasteiger partial charge in [0.15, 0.2) is 0 Å². The number of likely N-dealkylation sites (N-methyl/N-ethyl adjacent to an activating group) is 1. The normalized spacial score (nSPS) is 10.2. The minimum Gasteiger partial charge on any atom is -0.345 e. The monoisotopic (exact) mass is 284 g/mol. The lowest BCUT2D eigenvalue weighted by atomic mass is 10.2. The van der Waals surface area contributed by atoms with Crippen LogP contribution < -0.4 is 5.32 Å². The van der Waals surface area contributed by atoms with Crippen molar-refractivity contribution in [3.63, 3.8) is 0 Å². The lowest BCUT2D eigenvalue weighted by molar-refractivity contribution is -0.128. The Labute approximate surface area is 105 Å². The predicted molar refractivity (Wildman–Crippen MR) is 69.2 cm³/mol. The molecule has 0 spiro atoms. The van der Waals surface area contributed by atoms with Gasteiger partial charge in [0.1, 0.15) is 0 Å². The maximum absolute atomic E-state index is 11.5. The van der Waals surface area contributed by atoms with E-state index in [0.717, 1.165) is 11.0 Å². The summed E-state index contributed by atoms with van der Waals surface area (Å²) < 4.78 is 1.06. The summed E-state index contributed by atoms with van der Waals surface area (Å²) in [4.78, 5) is 13.2. The second kappa shape index (κ2) is 6.66. The first kappa shape index (κ1) is 13.2. The van der Waals surface area contributed by atoms with E-state index < -0.39 is 0 Å². The van der Waals surface area contributed by atoms with E-state index >= 15 is 0 Å². The summed E-state index contributed by atoms with van der Waals surface area (Å²) in [7, 11) is 1.81. The molecule has 1 rings (SSSR count). The summed E-state index contributed by atoms with van der Waals surface area (Å²) in [6.45, 7) is 3.81. The third kappa shape index (κ3) is 4.33. The Kier molecular flexibility index (Phi) is 5.49. The number of carbonyl (C=O) groups excluding carboxylic acids is 1. The largest absolute Gasteiger partial charge is 0.345 e. The van der Waals surface area contributed by atoms with Crippen molar-refractivity contribution in [1.29, 1.82) is 0 Å². The van der Waals surface area contributed by atoms with Gasteiger partial charge in [-0.05, 0) is 24.6 Å². The molecule has 0 aliphatic heterocycles. The zero-order chi connectivity index (χ0) is 12.0. The first-order chi connectivity index (χ1) is 7.63. The second-order valence-corrected chi connectivity index (χ2v) is 4.56. The molecule has 3 nitrogen and oxygen atoms in total. The first-order valence-corrected chi connectivity index (χ1v) is 6.12. The average Bonchev–Trinajstić information content (AvgIpc) is 2.28. The van der Waals surface area contributed by atoms with E-state index in [0.29, 0.717) is 13.1 Å². The molecule has 88 valence electrons. The van der Waals surface area contributed by atoms with Crippen LogP contribution in [0.1, 0.15) is 12.5 Å². The summed E-state index contributed by atoms with van der Waals surface area (Å²) >= 11 is 3.41. The van der Waals surface area contributed by atoms with E-state index in [4.69, 9.17) is 0 Å². The van der Waals surface area contributed by atoms with Gasteiger partial charge in [-0.3, -0.25) is 4.79 Å². The fourth-order valence-corrected chi connectivity index (χ4v) is 1.72. The van der Waals surface area contributed by atoms with Crippen LogP contribution in [0.4, 0.5) is 0 Å². The summed E-state index contributed by atoms with van der Waals surface area (Å²) in [5.41, 5.74) is 1.17. The molecular weight excluding hydrogens is 268 g/mol. The fraction of sp³-hybridized carbons (Fsp3) is 0.417. The Balaban J connectivity index is 2.33. The molecule has 0 unspecified atom stereocenters. The molecule has 0 saturated carbocycles. The molecule has 0 radical (unpaired) electrons. The Morgan fingerprint density at radius 3 is 2.88 bits per heavy atom. The number of benzene rings is 1. The zero-order valence-corrected chi connectivity index (χ0v) is 11.3. The third-order valence-corrected chi connectivity index (χ3v) is 2.89. The summed E-state index contributed by atoms with van der Waals surface area (Å²) in [6.07, 6.45) is 0. The lowest BCUT2D eigenvalue weighted by Gasteiger charge is -2.14. The molecule has 0 aliphatic rings. The number of nitrogens with zero attached hydrogens (tertiary/aromatic N) is 1. The molecule has 0 aliphatic carbocycles. The highest BCUT2D eigenvalue weighted by Gasteiger charge is 2.04. The highest BCUT2D eigenvalue weighted by atomic mass is 79.9. The quantitative estimate of drug-likeness (QED) is 0.897. The van der Waals surface area contributed by atoms with Crippen molar-refractivity contribution >= 4 is 21.8 Å². The molecule has 0 bridgehead atoms. The first-order valence-electron chi connectivity index (χ1n) is 5.32. The highest BCUT2D eigenvalue weighted by Crippen LogP contribution is 2.11. The molecule has 1 N–H and O–H groups in total. The molecule has 1 aromatic rings. The summed E-state index contributed by atoms with van der Waals surface area (Å²) in [6, 6.07) is 8.05. The van der Waals surface area contributed by atoms with Gasteiger partial charge in [-0.15, -0.1) is 0 Å². The number of hydrogen-bond donors (Lipinski definition) is 1. The predicted octanol–water partition coefficient (Wildman–Crippen LogP) is 2.02. The van der Waals surface area contributed by atoms with E-state index in [2.05, 4.69) is 21.2 Å². The number of amides is 1. The molecule has 0 aromatic heterocycles. The van der Waals surface area contributed by atoms with Crippen LogP contribution in [-0.4, -0.2) is 30.9 Å². The van der Waals surface area contributed by atoms with Crippen molar-refractivity contribution < 1.29 is 4.79 Å². The van der Waals surface area contributed by atoms with Gasteiger partial charge in [-0.25, -0.2) is 0 Å². The smallest absolute Gasteiger partial charge is 0.236 e. The maximum Gasteiger partial charge on any atom is 0.236 e. The molecule has 0 saturated heterocycles. The van der Waals surface area contributed by atoms with Gasteiger partial charge < -0.3 is 10.2 Å². The van der Waals surface area contributed by atoms with Crippen molar-refractivity contribution in [1.82, 2.24) is 10.2 Å². The number of rotatable bonds is 5. The molecule has 0 atom stereocenters. The maximum atomic E-state index is 11.5. The fourth-order valence-electron chi connectivity index (χ4n) is 1.27. The Morgan fingerprint density at radius 1 is 1.50 bits per heavy atom. The minimum absolute atomic E-state index is 0.123. The topological polar surface area (TPSA) is 32.3 Å². The number of carbonyl (C=O) groups is 1. The van der Waals surface area contributed by atoms with Crippen LogP contribution in [0.2, 0.25) is 0 Å². The van der Waals surface area contributed by atoms with E-state index in [9.17, 15) is 4.79 Å². The van der Waals surface area contributed by atoms with E-state index in [-0.39, 0.29) is 5.91 Å². The summed E-state index contributed by atoms with van der Waals surface area (Å²) in [5, 5.41) is 3.13. The molecular formula is C12H17BrN2O. The third-order valence-electron chi connectivity index (χ3n) is 2.39. The van der Waals surface area contributed by atoms with E-state index in [1.165, 1.54) is 5.56 Å². The van der Waals surface area contributed by atoms with Gasteiger partial charge in [0.25, 0.3) is 0 Å². The average molecular weight is 285 g/mol. The van der Waals surface area contributed by atoms with Crippen LogP contribution in [0.25, 0.3) is 0 Å². The van der Waals surface area contributed by atoms with Gasteiger partial charge in [0.2, 0.25) is 5.91 Å². The second-order valence-electron chi connectivity index (χ2n) is 3.64. The van der Waals surface area contributed by atoms with Gasteiger partial charge >= 0.3 is 0 Å². The van der Waals surface area contributed by atoms with Gasteiger partial charge in [0.05, 0.1) is 6.54 Å². The highest BCUT2D eigenvalue weighted by molar-refractivity contribution is 9.10. The van der Waals surface area contributed by atoms with Crippen molar-refractivity contribution in [2.45, 2.75) is 13.5 Å². The van der Waals surface area contributed by atoms with Crippen LogP contribution in [0.5, 0.6) is 0 Å². The van der Waals surface area contributed by atoms with Crippen molar-refractivity contribution in [2.75, 3.05) is 20.1 Å². The molecule has 1 amide bonds. The van der Waals surface area contributed by atoms with Crippen molar-refractivity contribution in [3.05, 3.63) is 34.3 Å². The lowest BCUT2D eigenvalue weighted by Crippen LogP contribution is -2.35. The van der Waals surface area contributed by atoms with E-state index in [1.54, 1.807) is 4.90 Å². The molecule has 0 fully saturated rings. The number of halogens is 1. The molecule has 0 heterocycles. The van der Waals surface area contributed by atoms with Gasteiger partial charge in [-0.1, -0.05) is 28.1 Å². The van der Waals surface area contributed by atoms with Gasteiger partial charge in [0, 0.05) is 24.6 Å². The van der Waals surface area contributed by atoms with Crippen LogP contribution in [0, 0.1) is 0 Å². The number of nitrogens with one attached hydrogen (secondary N) is 1. The van der Waals surface area contributed by atoms with E-state index in [1.807, 2.05) is 38.2 Å². The van der Waals surface area contributed by atoms with Crippen LogP contribution in [-0.2, 0) is 11.3 Å². The van der Waals surface area contributed by atoms with Crippen LogP contribution in [0.3, 0.4) is 0 Å². The minimum atomic E-state index is 0.123. The Bertz CT molecular complexity index is 355. The molecule has 1 aromatic carbocycles. The molecule has 16 heavy (non-hydrogen) atoms. The van der Waals surface area contributed by atoms with Crippen molar-refractivity contribution in [2.24, 2.45) is 0 Å².